The zero-order valence-corrected chi connectivity index (χ0v) is 20.6. The molecule has 0 saturated heterocycles. The molecule has 2 heterocycles. The van der Waals surface area contributed by atoms with E-state index in [2.05, 4.69) is 0 Å². The van der Waals surface area contributed by atoms with Gasteiger partial charge in [0.1, 0.15) is 5.82 Å². The standard InChI is InChI=1S/C25H17Cl3N2O3S/c26-18-11-7-16(8-12-18)24-25(17-9-13-19(27)14-10-17)30(22-5-2-6-23(31)29(22)24)34(32,33)21-4-1-3-20(28)15-21/h1-15,24-25H/t24-,25+/m1/s1. The molecule has 0 unspecified atom stereocenters. The first-order valence-corrected chi connectivity index (χ1v) is 12.9. The number of hydrogen-bond donors (Lipinski definition) is 0. The molecule has 0 amide bonds. The highest BCUT2D eigenvalue weighted by Gasteiger charge is 2.47. The number of aromatic nitrogens is 1. The van der Waals surface area contributed by atoms with E-state index >= 15 is 0 Å². The fourth-order valence-electron chi connectivity index (χ4n) is 4.34. The highest BCUT2D eigenvalue weighted by atomic mass is 35.5. The molecule has 5 rings (SSSR count). The van der Waals surface area contributed by atoms with Crippen molar-refractivity contribution in [2.75, 3.05) is 4.31 Å². The van der Waals surface area contributed by atoms with Gasteiger partial charge in [-0.3, -0.25) is 9.36 Å². The van der Waals surface area contributed by atoms with Crippen molar-refractivity contribution in [1.82, 2.24) is 4.57 Å². The maximum atomic E-state index is 14.0. The summed E-state index contributed by atoms with van der Waals surface area (Å²) in [4.78, 5) is 13.2. The lowest BCUT2D eigenvalue weighted by molar-refractivity contribution is 0.529. The van der Waals surface area contributed by atoms with Gasteiger partial charge in [-0.05, 0) is 59.7 Å². The minimum Gasteiger partial charge on any atom is -0.284 e. The summed E-state index contributed by atoms with van der Waals surface area (Å²) in [7, 11) is -4.12. The molecule has 0 radical (unpaired) electrons. The molecule has 1 aliphatic heterocycles. The number of rotatable bonds is 4. The summed E-state index contributed by atoms with van der Waals surface area (Å²) in [5.41, 5.74) is 1.10. The molecule has 0 aliphatic carbocycles. The fraction of sp³-hybridized carbons (Fsp3) is 0.0800. The summed E-state index contributed by atoms with van der Waals surface area (Å²) in [6.45, 7) is 0. The molecule has 0 bridgehead atoms. The highest BCUT2D eigenvalue weighted by Crippen LogP contribution is 2.49. The van der Waals surface area contributed by atoms with Gasteiger partial charge in [-0.25, -0.2) is 12.7 Å². The van der Waals surface area contributed by atoms with E-state index in [-0.39, 0.29) is 16.3 Å². The van der Waals surface area contributed by atoms with Gasteiger partial charge in [0.15, 0.2) is 0 Å². The highest BCUT2D eigenvalue weighted by molar-refractivity contribution is 7.92. The van der Waals surface area contributed by atoms with Gasteiger partial charge in [0.25, 0.3) is 15.6 Å². The van der Waals surface area contributed by atoms with Crippen LogP contribution in [0.5, 0.6) is 0 Å². The van der Waals surface area contributed by atoms with E-state index in [4.69, 9.17) is 34.8 Å². The number of benzene rings is 3. The largest absolute Gasteiger partial charge is 0.284 e. The molecule has 5 nitrogen and oxygen atoms in total. The summed E-state index contributed by atoms with van der Waals surface area (Å²) in [5.74, 6) is 0.257. The SMILES string of the molecule is O=c1cccc2n1[C@H](c1ccc(Cl)cc1)[C@H](c1ccc(Cl)cc1)N2S(=O)(=O)c1cccc(Cl)c1. The Morgan fingerprint density at radius 3 is 1.79 bits per heavy atom. The molecular formula is C25H17Cl3N2O3S. The number of fused-ring (bicyclic) bond motifs is 1. The molecule has 0 fully saturated rings. The van der Waals surface area contributed by atoms with E-state index < -0.39 is 22.1 Å². The second-order valence-electron chi connectivity index (χ2n) is 7.84. The molecule has 0 saturated carbocycles. The quantitative estimate of drug-likeness (QED) is 0.308. The molecule has 1 aromatic heterocycles. The third-order valence-electron chi connectivity index (χ3n) is 5.80. The van der Waals surface area contributed by atoms with Gasteiger partial charge >= 0.3 is 0 Å². The Labute approximate surface area is 211 Å². The zero-order chi connectivity index (χ0) is 24.0. The number of sulfonamides is 1. The molecule has 1 aliphatic rings. The van der Waals surface area contributed by atoms with Crippen LogP contribution >= 0.6 is 34.8 Å². The Kier molecular flexibility index (Phi) is 5.94. The predicted molar refractivity (Wildman–Crippen MR) is 136 cm³/mol. The zero-order valence-electron chi connectivity index (χ0n) is 17.5. The van der Waals surface area contributed by atoms with Crippen molar-refractivity contribution >= 4 is 50.6 Å². The van der Waals surface area contributed by atoms with Crippen molar-refractivity contribution in [2.24, 2.45) is 0 Å². The number of anilines is 1. The Balaban J connectivity index is 1.82. The van der Waals surface area contributed by atoms with E-state index in [9.17, 15) is 13.2 Å². The van der Waals surface area contributed by atoms with E-state index in [0.29, 0.717) is 20.6 Å². The Morgan fingerprint density at radius 1 is 0.647 bits per heavy atom. The first kappa shape index (κ1) is 23.0. The van der Waals surface area contributed by atoms with Crippen LogP contribution in [0.4, 0.5) is 5.82 Å². The first-order chi connectivity index (χ1) is 16.3. The van der Waals surface area contributed by atoms with Crippen LogP contribution < -0.4 is 9.86 Å². The van der Waals surface area contributed by atoms with Crippen molar-refractivity contribution < 1.29 is 8.42 Å². The van der Waals surface area contributed by atoms with Crippen LogP contribution in [0.25, 0.3) is 0 Å². The van der Waals surface area contributed by atoms with Gasteiger partial charge in [-0.1, -0.05) is 71.2 Å². The third-order valence-corrected chi connectivity index (χ3v) is 8.32. The summed E-state index contributed by atoms with van der Waals surface area (Å²) >= 11 is 18.4. The molecule has 9 heteroatoms. The van der Waals surface area contributed by atoms with Crippen molar-refractivity contribution in [3.63, 3.8) is 0 Å². The van der Waals surface area contributed by atoms with Crippen LogP contribution in [-0.2, 0) is 10.0 Å². The average Bonchev–Trinajstić information content (AvgIpc) is 3.17. The second-order valence-corrected chi connectivity index (χ2v) is 11.0. The maximum Gasteiger partial charge on any atom is 0.266 e. The summed E-state index contributed by atoms with van der Waals surface area (Å²) in [6, 6.07) is 23.2. The lowest BCUT2D eigenvalue weighted by Gasteiger charge is -2.29. The van der Waals surface area contributed by atoms with Crippen LogP contribution in [0.2, 0.25) is 15.1 Å². The van der Waals surface area contributed by atoms with Gasteiger partial charge < -0.3 is 0 Å². The number of pyridine rings is 1. The third kappa shape index (κ3) is 3.91. The molecule has 3 aromatic carbocycles. The van der Waals surface area contributed by atoms with Crippen molar-refractivity contribution in [2.45, 2.75) is 17.0 Å². The maximum absolute atomic E-state index is 14.0. The normalized spacial score (nSPS) is 17.6. The van der Waals surface area contributed by atoms with E-state index in [1.165, 1.54) is 27.1 Å². The molecule has 2 atom stereocenters. The van der Waals surface area contributed by atoms with Crippen molar-refractivity contribution in [1.29, 1.82) is 0 Å². The fourth-order valence-corrected chi connectivity index (χ4v) is 6.54. The van der Waals surface area contributed by atoms with E-state index in [1.807, 2.05) is 0 Å². The minimum absolute atomic E-state index is 0.0265. The monoisotopic (exact) mass is 530 g/mol. The van der Waals surface area contributed by atoms with E-state index in [0.717, 1.165) is 5.56 Å². The van der Waals surface area contributed by atoms with Crippen LogP contribution in [0.1, 0.15) is 23.2 Å². The predicted octanol–water partition coefficient (Wildman–Crippen LogP) is 6.35. The molecule has 0 spiro atoms. The lowest BCUT2D eigenvalue weighted by atomic mass is 9.94. The second kappa shape index (κ2) is 8.78. The van der Waals surface area contributed by atoms with E-state index in [1.54, 1.807) is 72.8 Å². The Hall–Kier alpha value is -2.77. The molecule has 172 valence electrons. The molecular weight excluding hydrogens is 515 g/mol. The van der Waals surface area contributed by atoms with Gasteiger partial charge in [0.2, 0.25) is 0 Å². The molecule has 0 N–H and O–H groups in total. The lowest BCUT2D eigenvalue weighted by Crippen LogP contribution is -2.33. The van der Waals surface area contributed by atoms with Gasteiger partial charge in [0.05, 0.1) is 17.0 Å². The Morgan fingerprint density at radius 2 is 1.21 bits per heavy atom. The number of halogens is 3. The summed E-state index contributed by atoms with van der Waals surface area (Å²) in [5, 5.41) is 1.35. The Bertz CT molecular complexity index is 1540. The van der Waals surface area contributed by atoms with Crippen molar-refractivity contribution in [3.05, 3.63) is 128 Å². The molecule has 34 heavy (non-hydrogen) atoms. The first-order valence-electron chi connectivity index (χ1n) is 10.3. The van der Waals surface area contributed by atoms with Gasteiger partial charge in [0, 0.05) is 21.1 Å². The molecule has 4 aromatic rings. The van der Waals surface area contributed by atoms with Gasteiger partial charge in [-0.2, -0.15) is 0 Å². The topological polar surface area (TPSA) is 59.4 Å². The minimum atomic E-state index is -4.12. The van der Waals surface area contributed by atoms with Gasteiger partial charge in [-0.15, -0.1) is 0 Å². The van der Waals surface area contributed by atoms with Crippen LogP contribution in [0.3, 0.4) is 0 Å². The number of hydrogen-bond acceptors (Lipinski definition) is 3. The number of nitrogens with zero attached hydrogens (tertiary/aromatic N) is 2. The van der Waals surface area contributed by atoms with Crippen LogP contribution in [0, 0.1) is 0 Å². The van der Waals surface area contributed by atoms with Crippen LogP contribution in [-0.4, -0.2) is 13.0 Å². The smallest absolute Gasteiger partial charge is 0.266 e. The van der Waals surface area contributed by atoms with Crippen LogP contribution in [0.15, 0.2) is 101 Å². The summed E-state index contributed by atoms with van der Waals surface area (Å²) in [6.07, 6.45) is 0. The van der Waals surface area contributed by atoms with Crippen molar-refractivity contribution in [3.8, 4) is 0 Å². The summed E-state index contributed by atoms with van der Waals surface area (Å²) < 4.78 is 30.9. The average molecular weight is 532 g/mol.